The lowest BCUT2D eigenvalue weighted by atomic mass is 9.91. The van der Waals surface area contributed by atoms with Gasteiger partial charge in [0.1, 0.15) is 0 Å². The Morgan fingerprint density at radius 2 is 1.47 bits per heavy atom. The molecule has 0 aliphatic heterocycles. The maximum atomic E-state index is 10.0. The molecule has 2 aromatic rings. The van der Waals surface area contributed by atoms with Crippen LogP contribution in [0.1, 0.15) is 17.0 Å². The van der Waals surface area contributed by atoms with Gasteiger partial charge in [-0.2, -0.15) is 0 Å². The van der Waals surface area contributed by atoms with Crippen molar-refractivity contribution in [2.45, 2.75) is 10.4 Å². The van der Waals surface area contributed by atoms with Gasteiger partial charge in [0, 0.05) is 10.0 Å². The van der Waals surface area contributed by atoms with Crippen LogP contribution in [0.3, 0.4) is 0 Å². The Hall–Kier alpha value is -0.440. The highest BCUT2D eigenvalue weighted by Gasteiger charge is 2.36. The molecule has 100 valence electrons. The average molecular weight is 336 g/mol. The summed E-state index contributed by atoms with van der Waals surface area (Å²) in [6, 6.07) is 14.0. The van der Waals surface area contributed by atoms with Crippen LogP contribution in [-0.2, 0) is 0 Å². The minimum absolute atomic E-state index is 0.488. The fourth-order valence-corrected chi connectivity index (χ4v) is 2.79. The number of rotatable bonds is 3. The molecule has 5 heteroatoms. The van der Waals surface area contributed by atoms with Gasteiger partial charge in [0.2, 0.25) is 4.52 Å². The third-order valence-corrected chi connectivity index (χ3v) is 3.80. The Morgan fingerprint density at radius 1 is 0.895 bits per heavy atom. The number of alkyl halides is 2. The molecule has 19 heavy (non-hydrogen) atoms. The maximum absolute atomic E-state index is 10.0. The van der Waals surface area contributed by atoms with Crippen LogP contribution in [0.25, 0.3) is 0 Å². The van der Waals surface area contributed by atoms with E-state index in [1.54, 1.807) is 42.5 Å². The standard InChI is InChI=1S/C14H10Cl4O/c15-10-7-5-9(6-8-10)13(14(17,18)19)11-3-1-2-4-12(11)16/h1-8,13,19H. The van der Waals surface area contributed by atoms with Gasteiger partial charge in [-0.25, -0.2) is 0 Å². The van der Waals surface area contributed by atoms with E-state index in [4.69, 9.17) is 46.4 Å². The Kier molecular flexibility index (Phi) is 4.65. The first-order chi connectivity index (χ1) is 8.89. The molecule has 0 aromatic heterocycles. The zero-order valence-corrected chi connectivity index (χ0v) is 12.7. The van der Waals surface area contributed by atoms with Crippen LogP contribution in [0.4, 0.5) is 0 Å². The number of aliphatic hydroxyl groups is 1. The molecule has 0 radical (unpaired) electrons. The first-order valence-corrected chi connectivity index (χ1v) is 7.01. The van der Waals surface area contributed by atoms with Crippen LogP contribution in [0.2, 0.25) is 10.0 Å². The normalized spacial score (nSPS) is 13.3. The zero-order chi connectivity index (χ0) is 14.0. The topological polar surface area (TPSA) is 20.2 Å². The minimum atomic E-state index is -1.97. The average Bonchev–Trinajstić information content (AvgIpc) is 2.33. The van der Waals surface area contributed by atoms with Crippen molar-refractivity contribution in [3.63, 3.8) is 0 Å². The lowest BCUT2D eigenvalue weighted by molar-refractivity contribution is 0.196. The summed E-state index contributed by atoms with van der Waals surface area (Å²) in [6.45, 7) is 0. The van der Waals surface area contributed by atoms with Crippen molar-refractivity contribution in [3.05, 3.63) is 69.7 Å². The molecule has 0 saturated carbocycles. The Morgan fingerprint density at radius 3 is 2.00 bits per heavy atom. The van der Waals surface area contributed by atoms with E-state index in [9.17, 15) is 5.11 Å². The van der Waals surface area contributed by atoms with Gasteiger partial charge in [-0.1, -0.05) is 76.7 Å². The Balaban J connectivity index is 2.55. The van der Waals surface area contributed by atoms with E-state index in [2.05, 4.69) is 0 Å². The molecule has 1 atom stereocenters. The van der Waals surface area contributed by atoms with Crippen LogP contribution < -0.4 is 0 Å². The van der Waals surface area contributed by atoms with E-state index in [1.165, 1.54) is 0 Å². The highest BCUT2D eigenvalue weighted by Crippen LogP contribution is 2.43. The molecule has 1 unspecified atom stereocenters. The summed E-state index contributed by atoms with van der Waals surface area (Å²) in [4.78, 5) is 0. The monoisotopic (exact) mass is 334 g/mol. The molecule has 0 bridgehead atoms. The SMILES string of the molecule is OC(Cl)(Cl)C(c1ccc(Cl)cc1)c1ccccc1Cl. The number of hydrogen-bond donors (Lipinski definition) is 1. The van der Waals surface area contributed by atoms with Gasteiger partial charge in [0.15, 0.2) is 0 Å². The van der Waals surface area contributed by atoms with Crippen molar-refractivity contribution in [2.24, 2.45) is 0 Å². The number of benzene rings is 2. The fraction of sp³-hybridized carbons (Fsp3) is 0.143. The van der Waals surface area contributed by atoms with Crippen molar-refractivity contribution >= 4 is 46.4 Å². The lowest BCUT2D eigenvalue weighted by Crippen LogP contribution is -2.24. The minimum Gasteiger partial charge on any atom is -0.362 e. The van der Waals surface area contributed by atoms with E-state index in [0.29, 0.717) is 15.6 Å². The van der Waals surface area contributed by atoms with Crippen molar-refractivity contribution in [3.8, 4) is 0 Å². The Bertz CT molecular complexity index is 560. The van der Waals surface area contributed by atoms with Gasteiger partial charge in [0.05, 0.1) is 5.92 Å². The molecule has 0 aliphatic rings. The molecule has 0 saturated heterocycles. The molecule has 0 fully saturated rings. The predicted molar refractivity (Wildman–Crippen MR) is 81.4 cm³/mol. The molecule has 0 heterocycles. The van der Waals surface area contributed by atoms with Gasteiger partial charge in [0.25, 0.3) is 0 Å². The molecule has 0 aliphatic carbocycles. The van der Waals surface area contributed by atoms with Gasteiger partial charge >= 0.3 is 0 Å². The fourth-order valence-electron chi connectivity index (χ4n) is 1.93. The molecular formula is C14H10Cl4O. The summed E-state index contributed by atoms with van der Waals surface area (Å²) in [7, 11) is 0. The van der Waals surface area contributed by atoms with Crippen LogP contribution in [0, 0.1) is 0 Å². The summed E-state index contributed by atoms with van der Waals surface area (Å²) >= 11 is 23.8. The summed E-state index contributed by atoms with van der Waals surface area (Å²) in [5.74, 6) is -0.665. The largest absolute Gasteiger partial charge is 0.362 e. The quantitative estimate of drug-likeness (QED) is 0.759. The van der Waals surface area contributed by atoms with Crippen molar-refractivity contribution in [2.75, 3.05) is 0 Å². The van der Waals surface area contributed by atoms with Crippen LogP contribution in [0.15, 0.2) is 48.5 Å². The number of hydrogen-bond acceptors (Lipinski definition) is 1. The zero-order valence-electron chi connectivity index (χ0n) is 9.66. The van der Waals surface area contributed by atoms with Crippen molar-refractivity contribution in [1.29, 1.82) is 0 Å². The van der Waals surface area contributed by atoms with Crippen molar-refractivity contribution in [1.82, 2.24) is 0 Å². The highest BCUT2D eigenvalue weighted by atomic mass is 35.5. The van der Waals surface area contributed by atoms with Gasteiger partial charge < -0.3 is 5.11 Å². The van der Waals surface area contributed by atoms with E-state index in [0.717, 1.165) is 5.56 Å². The van der Waals surface area contributed by atoms with Crippen LogP contribution in [0.5, 0.6) is 0 Å². The van der Waals surface area contributed by atoms with Gasteiger partial charge in [-0.05, 0) is 29.3 Å². The smallest absolute Gasteiger partial charge is 0.226 e. The summed E-state index contributed by atoms with van der Waals surface area (Å²) < 4.78 is -1.97. The van der Waals surface area contributed by atoms with Crippen LogP contribution in [-0.4, -0.2) is 9.63 Å². The first kappa shape index (κ1) is 15.0. The second-order valence-electron chi connectivity index (χ2n) is 4.09. The summed E-state index contributed by atoms with van der Waals surface area (Å²) in [5, 5.41) is 11.1. The molecule has 2 aromatic carbocycles. The van der Waals surface area contributed by atoms with Gasteiger partial charge in [-0.15, -0.1) is 0 Å². The van der Waals surface area contributed by atoms with Crippen LogP contribution >= 0.6 is 46.4 Å². The summed E-state index contributed by atoms with van der Waals surface area (Å²) in [6.07, 6.45) is 0. The molecule has 0 spiro atoms. The predicted octanol–water partition coefficient (Wildman–Crippen LogP) is 5.25. The van der Waals surface area contributed by atoms with E-state index >= 15 is 0 Å². The second kappa shape index (κ2) is 5.90. The third kappa shape index (κ3) is 3.56. The first-order valence-electron chi connectivity index (χ1n) is 5.49. The van der Waals surface area contributed by atoms with E-state index in [-0.39, 0.29) is 0 Å². The Labute approximate surface area is 131 Å². The third-order valence-electron chi connectivity index (χ3n) is 2.77. The van der Waals surface area contributed by atoms with Crippen molar-refractivity contribution < 1.29 is 5.11 Å². The molecule has 2 rings (SSSR count). The maximum Gasteiger partial charge on any atom is 0.226 e. The second-order valence-corrected chi connectivity index (χ2v) is 6.28. The summed E-state index contributed by atoms with van der Waals surface area (Å²) in [5.41, 5.74) is 1.38. The number of halogens is 4. The molecule has 1 N–H and O–H groups in total. The van der Waals surface area contributed by atoms with E-state index in [1.807, 2.05) is 6.07 Å². The molecule has 1 nitrogen and oxygen atoms in total. The van der Waals surface area contributed by atoms with Gasteiger partial charge in [-0.3, -0.25) is 0 Å². The molecule has 0 amide bonds. The lowest BCUT2D eigenvalue weighted by Gasteiger charge is -2.26. The highest BCUT2D eigenvalue weighted by molar-refractivity contribution is 6.47. The molecular weight excluding hydrogens is 326 g/mol. The van der Waals surface area contributed by atoms with E-state index < -0.39 is 10.4 Å².